The van der Waals surface area contributed by atoms with Crippen LogP contribution in [0.2, 0.25) is 0 Å². The molecule has 2 rings (SSSR count). The number of aliphatic hydroxyl groups is 1. The lowest BCUT2D eigenvalue weighted by Crippen LogP contribution is -2.54. The van der Waals surface area contributed by atoms with Crippen molar-refractivity contribution >= 4 is 18.0 Å². The molecule has 2 aromatic rings. The number of hydrogen-bond acceptors (Lipinski definition) is 6. The number of amides is 2. The molecule has 0 heterocycles. The second kappa shape index (κ2) is 12.3. The van der Waals surface area contributed by atoms with Crippen molar-refractivity contribution in [3.63, 3.8) is 0 Å². The molecule has 0 aliphatic heterocycles. The fraction of sp³-hybridized carbons (Fsp3) is 0.348. The molecule has 8 nitrogen and oxygen atoms in total. The van der Waals surface area contributed by atoms with Crippen LogP contribution in [0.25, 0.3) is 0 Å². The van der Waals surface area contributed by atoms with Gasteiger partial charge in [-0.1, -0.05) is 74.5 Å². The van der Waals surface area contributed by atoms with Gasteiger partial charge in [0.25, 0.3) is 0 Å². The second-order valence-corrected chi connectivity index (χ2v) is 7.26. The number of ether oxygens (including phenoxy) is 2. The largest absolute Gasteiger partial charge is 0.459 e. The zero-order chi connectivity index (χ0) is 22.6. The summed E-state index contributed by atoms with van der Waals surface area (Å²) in [5.41, 5.74) is 1.60. The van der Waals surface area contributed by atoms with Gasteiger partial charge in [-0.2, -0.15) is 0 Å². The molecule has 3 N–H and O–H groups in total. The summed E-state index contributed by atoms with van der Waals surface area (Å²) < 4.78 is 10.4. The van der Waals surface area contributed by atoms with E-state index in [1.165, 1.54) is 0 Å². The first-order valence-electron chi connectivity index (χ1n) is 9.99. The minimum absolute atomic E-state index is 0.0207. The van der Waals surface area contributed by atoms with Crippen LogP contribution in [0.1, 0.15) is 25.0 Å². The van der Waals surface area contributed by atoms with Crippen molar-refractivity contribution in [2.45, 2.75) is 39.1 Å². The lowest BCUT2D eigenvalue weighted by atomic mass is 10.0. The van der Waals surface area contributed by atoms with Crippen LogP contribution < -0.4 is 10.6 Å². The first kappa shape index (κ1) is 23.9. The van der Waals surface area contributed by atoms with Gasteiger partial charge in [-0.15, -0.1) is 0 Å². The summed E-state index contributed by atoms with van der Waals surface area (Å²) in [7, 11) is 0. The van der Waals surface area contributed by atoms with E-state index in [2.05, 4.69) is 10.6 Å². The Balaban J connectivity index is 1.88. The summed E-state index contributed by atoms with van der Waals surface area (Å²) in [5.74, 6) is -1.58. The topological polar surface area (TPSA) is 114 Å². The van der Waals surface area contributed by atoms with Crippen LogP contribution in [-0.4, -0.2) is 41.8 Å². The van der Waals surface area contributed by atoms with Crippen molar-refractivity contribution in [1.29, 1.82) is 0 Å². The van der Waals surface area contributed by atoms with Crippen molar-refractivity contribution < 1.29 is 29.0 Å². The third kappa shape index (κ3) is 8.10. The predicted molar refractivity (Wildman–Crippen MR) is 114 cm³/mol. The summed E-state index contributed by atoms with van der Waals surface area (Å²) in [5, 5.41) is 14.4. The average molecular weight is 428 g/mol. The van der Waals surface area contributed by atoms with E-state index >= 15 is 0 Å². The number of carbonyl (C=O) groups is 3. The number of rotatable bonds is 10. The number of carbonyl (C=O) groups excluding carboxylic acids is 3. The Morgan fingerprint density at radius 1 is 0.839 bits per heavy atom. The molecule has 2 atom stereocenters. The molecule has 31 heavy (non-hydrogen) atoms. The van der Waals surface area contributed by atoms with Crippen LogP contribution in [0.5, 0.6) is 0 Å². The molecular formula is C23H28N2O6. The Morgan fingerprint density at radius 2 is 1.35 bits per heavy atom. The van der Waals surface area contributed by atoms with Gasteiger partial charge in [-0.05, 0) is 17.0 Å². The fourth-order valence-electron chi connectivity index (χ4n) is 2.67. The van der Waals surface area contributed by atoms with Crippen molar-refractivity contribution in [3.8, 4) is 0 Å². The molecular weight excluding hydrogens is 400 g/mol. The van der Waals surface area contributed by atoms with Gasteiger partial charge in [0.1, 0.15) is 25.3 Å². The maximum absolute atomic E-state index is 12.5. The van der Waals surface area contributed by atoms with Crippen molar-refractivity contribution in [2.75, 3.05) is 6.61 Å². The molecule has 2 amide bonds. The number of nitrogens with one attached hydrogen (secondary N) is 2. The maximum Gasteiger partial charge on any atom is 0.408 e. The van der Waals surface area contributed by atoms with Crippen molar-refractivity contribution in [2.24, 2.45) is 5.92 Å². The van der Waals surface area contributed by atoms with E-state index in [0.29, 0.717) is 0 Å². The molecule has 0 fully saturated rings. The van der Waals surface area contributed by atoms with Crippen LogP contribution in [0.15, 0.2) is 60.7 Å². The van der Waals surface area contributed by atoms with E-state index in [0.717, 1.165) is 11.1 Å². The van der Waals surface area contributed by atoms with Gasteiger partial charge < -0.3 is 25.2 Å². The minimum Gasteiger partial charge on any atom is -0.459 e. The Morgan fingerprint density at radius 3 is 1.84 bits per heavy atom. The number of hydrogen-bond donors (Lipinski definition) is 3. The second-order valence-electron chi connectivity index (χ2n) is 7.26. The summed E-state index contributed by atoms with van der Waals surface area (Å²) in [6.07, 6.45) is -0.856. The molecule has 0 aromatic heterocycles. The lowest BCUT2D eigenvalue weighted by Gasteiger charge is -2.23. The minimum atomic E-state index is -1.27. The van der Waals surface area contributed by atoms with Crippen LogP contribution in [0.3, 0.4) is 0 Å². The highest BCUT2D eigenvalue weighted by Crippen LogP contribution is 2.08. The molecule has 0 saturated heterocycles. The van der Waals surface area contributed by atoms with E-state index in [1.807, 2.05) is 48.5 Å². The lowest BCUT2D eigenvalue weighted by molar-refractivity contribution is -0.150. The van der Waals surface area contributed by atoms with Gasteiger partial charge in [0.2, 0.25) is 5.91 Å². The maximum atomic E-state index is 12.5. The van der Waals surface area contributed by atoms with Gasteiger partial charge in [0.15, 0.2) is 0 Å². The Labute approximate surface area is 181 Å². The Kier molecular flexibility index (Phi) is 9.51. The van der Waals surface area contributed by atoms with E-state index in [4.69, 9.17) is 9.47 Å². The molecule has 0 unspecified atom stereocenters. The SMILES string of the molecule is CC(C)[C@H](NC(=O)[C@H](CO)NC(=O)OCc1ccccc1)C(=O)OCc1ccccc1. The van der Waals surface area contributed by atoms with Crippen LogP contribution >= 0.6 is 0 Å². The highest BCUT2D eigenvalue weighted by molar-refractivity contribution is 5.89. The number of alkyl carbamates (subject to hydrolysis) is 1. The summed E-state index contributed by atoms with van der Waals surface area (Å²) in [6, 6.07) is 16.0. The molecule has 0 radical (unpaired) electrons. The highest BCUT2D eigenvalue weighted by Gasteiger charge is 2.29. The smallest absolute Gasteiger partial charge is 0.408 e. The van der Waals surface area contributed by atoms with Gasteiger partial charge in [0.05, 0.1) is 6.61 Å². The van der Waals surface area contributed by atoms with E-state index < -0.39 is 36.7 Å². The molecule has 0 aliphatic carbocycles. The average Bonchev–Trinajstić information content (AvgIpc) is 2.79. The molecule has 0 bridgehead atoms. The first-order valence-corrected chi connectivity index (χ1v) is 9.99. The zero-order valence-corrected chi connectivity index (χ0v) is 17.6. The molecule has 2 aromatic carbocycles. The quantitative estimate of drug-likeness (QED) is 0.500. The van der Waals surface area contributed by atoms with Gasteiger partial charge >= 0.3 is 12.1 Å². The summed E-state index contributed by atoms with van der Waals surface area (Å²) >= 11 is 0. The van der Waals surface area contributed by atoms with Gasteiger partial charge in [-0.3, -0.25) is 4.79 Å². The van der Waals surface area contributed by atoms with E-state index in [9.17, 15) is 19.5 Å². The molecule has 166 valence electrons. The number of esters is 1. The number of aliphatic hydroxyl groups excluding tert-OH is 1. The predicted octanol–water partition coefficient (Wildman–Crippen LogP) is 2.16. The molecule has 0 aliphatic rings. The van der Waals surface area contributed by atoms with Crippen LogP contribution in [0, 0.1) is 5.92 Å². The standard InChI is InChI=1S/C23H28N2O6/c1-16(2)20(22(28)30-14-17-9-5-3-6-10-17)25-21(27)19(13-26)24-23(29)31-15-18-11-7-4-8-12-18/h3-12,16,19-20,26H,13-15H2,1-2H3,(H,24,29)(H,25,27)/t19-,20-/m0/s1. The zero-order valence-electron chi connectivity index (χ0n) is 17.6. The van der Waals surface area contributed by atoms with E-state index in [1.54, 1.807) is 26.0 Å². The number of benzene rings is 2. The summed E-state index contributed by atoms with van der Waals surface area (Å²) in [6.45, 7) is 2.95. The third-order valence-corrected chi connectivity index (χ3v) is 4.45. The molecule has 0 saturated carbocycles. The van der Waals surface area contributed by atoms with E-state index in [-0.39, 0.29) is 19.1 Å². The fourth-order valence-corrected chi connectivity index (χ4v) is 2.67. The molecule has 0 spiro atoms. The Bertz CT molecular complexity index is 842. The Hall–Kier alpha value is -3.39. The van der Waals surface area contributed by atoms with Crippen LogP contribution in [-0.2, 0) is 32.3 Å². The monoisotopic (exact) mass is 428 g/mol. The molecule has 8 heteroatoms. The summed E-state index contributed by atoms with van der Waals surface area (Å²) in [4.78, 5) is 37.0. The van der Waals surface area contributed by atoms with Crippen LogP contribution in [0.4, 0.5) is 4.79 Å². The highest BCUT2D eigenvalue weighted by atomic mass is 16.5. The van der Waals surface area contributed by atoms with Gasteiger partial charge in [0, 0.05) is 0 Å². The van der Waals surface area contributed by atoms with Gasteiger partial charge in [-0.25, -0.2) is 9.59 Å². The normalized spacial score (nSPS) is 12.5. The van der Waals surface area contributed by atoms with Crippen molar-refractivity contribution in [1.82, 2.24) is 10.6 Å². The first-order chi connectivity index (χ1) is 14.9. The third-order valence-electron chi connectivity index (χ3n) is 4.45. The van der Waals surface area contributed by atoms with Crippen molar-refractivity contribution in [3.05, 3.63) is 71.8 Å².